The Morgan fingerprint density at radius 1 is 1.17 bits per heavy atom. The Hall–Kier alpha value is -1.95. The third-order valence-electron chi connectivity index (χ3n) is 3.71. The molecule has 1 N–H and O–H groups in total. The van der Waals surface area contributed by atoms with Crippen LogP contribution < -0.4 is 5.32 Å². The topological polar surface area (TPSA) is 54.5 Å². The first-order valence-electron chi connectivity index (χ1n) is 7.53. The number of ether oxygens (including phenoxy) is 1. The lowest BCUT2D eigenvalue weighted by Gasteiger charge is -2.26. The molecular weight excluding hydrogens is 314 g/mol. The van der Waals surface area contributed by atoms with Gasteiger partial charge in [-0.3, -0.25) is 9.69 Å². The van der Waals surface area contributed by atoms with Crippen molar-refractivity contribution in [2.24, 2.45) is 0 Å². The van der Waals surface area contributed by atoms with Crippen LogP contribution in [0, 0.1) is 0 Å². The van der Waals surface area contributed by atoms with Crippen LogP contribution in [0.4, 0.5) is 5.69 Å². The summed E-state index contributed by atoms with van der Waals surface area (Å²) in [7, 11) is 0. The number of halogens is 1. The zero-order valence-corrected chi connectivity index (χ0v) is 13.4. The summed E-state index contributed by atoms with van der Waals surface area (Å²) in [6, 6.07) is 11.1. The third-order valence-corrected chi connectivity index (χ3v) is 3.93. The maximum absolute atomic E-state index is 12.1. The maximum Gasteiger partial charge on any atom is 0.257 e. The lowest BCUT2D eigenvalue weighted by atomic mass is 10.2. The number of benzene rings is 1. The molecule has 3 rings (SSSR count). The minimum Gasteiger partial charge on any atom is -0.379 e. The van der Waals surface area contributed by atoms with Crippen LogP contribution in [-0.4, -0.2) is 42.1 Å². The van der Waals surface area contributed by atoms with E-state index < -0.39 is 0 Å². The van der Waals surface area contributed by atoms with Crippen LogP contribution in [0.5, 0.6) is 0 Å². The van der Waals surface area contributed by atoms with Gasteiger partial charge in [-0.15, -0.1) is 0 Å². The molecule has 0 aliphatic carbocycles. The second kappa shape index (κ2) is 7.55. The number of morpholine rings is 1. The van der Waals surface area contributed by atoms with E-state index in [1.807, 2.05) is 24.3 Å². The molecule has 0 bridgehead atoms. The normalized spacial score (nSPS) is 15.3. The van der Waals surface area contributed by atoms with Crippen molar-refractivity contribution in [3.05, 3.63) is 58.9 Å². The van der Waals surface area contributed by atoms with Crippen molar-refractivity contribution in [2.45, 2.75) is 6.54 Å². The highest BCUT2D eigenvalue weighted by Crippen LogP contribution is 2.14. The zero-order valence-electron chi connectivity index (χ0n) is 12.7. The van der Waals surface area contributed by atoms with Gasteiger partial charge in [0.15, 0.2) is 0 Å². The minimum atomic E-state index is -0.199. The van der Waals surface area contributed by atoms with Gasteiger partial charge >= 0.3 is 0 Å². The molecule has 120 valence electrons. The molecule has 1 aromatic heterocycles. The number of rotatable bonds is 4. The number of carbonyl (C=O) groups excluding carboxylic acids is 1. The summed E-state index contributed by atoms with van der Waals surface area (Å²) in [6.07, 6.45) is 1.46. The lowest BCUT2D eigenvalue weighted by molar-refractivity contribution is 0.0342. The molecule has 0 radical (unpaired) electrons. The van der Waals surface area contributed by atoms with Crippen molar-refractivity contribution in [3.63, 3.8) is 0 Å². The molecule has 2 heterocycles. The van der Waals surface area contributed by atoms with Gasteiger partial charge < -0.3 is 10.1 Å². The van der Waals surface area contributed by atoms with E-state index in [0.29, 0.717) is 10.7 Å². The first-order chi connectivity index (χ1) is 11.2. The zero-order chi connectivity index (χ0) is 16.1. The highest BCUT2D eigenvalue weighted by atomic mass is 35.5. The van der Waals surface area contributed by atoms with E-state index in [1.54, 1.807) is 12.1 Å². The average Bonchev–Trinajstić information content (AvgIpc) is 2.58. The van der Waals surface area contributed by atoms with E-state index in [1.165, 1.54) is 11.8 Å². The number of pyridine rings is 1. The highest BCUT2D eigenvalue weighted by molar-refractivity contribution is 6.29. The summed E-state index contributed by atoms with van der Waals surface area (Å²) in [5.41, 5.74) is 2.46. The molecule has 23 heavy (non-hydrogen) atoms. The van der Waals surface area contributed by atoms with Gasteiger partial charge in [-0.2, -0.15) is 0 Å². The molecule has 0 spiro atoms. The van der Waals surface area contributed by atoms with Gasteiger partial charge in [-0.1, -0.05) is 23.7 Å². The monoisotopic (exact) mass is 331 g/mol. The fraction of sp³-hybridized carbons (Fsp3) is 0.294. The quantitative estimate of drug-likeness (QED) is 0.875. The average molecular weight is 332 g/mol. The van der Waals surface area contributed by atoms with E-state index >= 15 is 0 Å². The predicted molar refractivity (Wildman–Crippen MR) is 89.7 cm³/mol. The van der Waals surface area contributed by atoms with Crippen LogP contribution in [0.3, 0.4) is 0 Å². The Bertz CT molecular complexity index is 653. The van der Waals surface area contributed by atoms with Crippen LogP contribution in [-0.2, 0) is 11.3 Å². The van der Waals surface area contributed by atoms with E-state index in [4.69, 9.17) is 16.3 Å². The second-order valence-corrected chi connectivity index (χ2v) is 5.80. The minimum absolute atomic E-state index is 0.199. The molecule has 0 unspecified atom stereocenters. The number of nitrogens with zero attached hydrogens (tertiary/aromatic N) is 2. The molecule has 1 aliphatic heterocycles. The van der Waals surface area contributed by atoms with Crippen molar-refractivity contribution < 1.29 is 9.53 Å². The van der Waals surface area contributed by atoms with Gasteiger partial charge in [-0.25, -0.2) is 4.98 Å². The van der Waals surface area contributed by atoms with Crippen molar-refractivity contribution in [1.82, 2.24) is 9.88 Å². The summed E-state index contributed by atoms with van der Waals surface area (Å²) in [4.78, 5) is 18.4. The molecule has 1 aromatic carbocycles. The van der Waals surface area contributed by atoms with Crippen LogP contribution in [0.2, 0.25) is 5.15 Å². The van der Waals surface area contributed by atoms with Crippen molar-refractivity contribution in [2.75, 3.05) is 31.6 Å². The number of carbonyl (C=O) groups is 1. The Balaban J connectivity index is 1.58. The van der Waals surface area contributed by atoms with Gasteiger partial charge in [0.1, 0.15) is 5.15 Å². The van der Waals surface area contributed by atoms with E-state index in [2.05, 4.69) is 15.2 Å². The first-order valence-corrected chi connectivity index (χ1v) is 7.90. The summed E-state index contributed by atoms with van der Waals surface area (Å²) < 4.78 is 5.35. The van der Waals surface area contributed by atoms with E-state index in [0.717, 1.165) is 38.5 Å². The Morgan fingerprint density at radius 2 is 1.91 bits per heavy atom. The first kappa shape index (κ1) is 15.9. The molecule has 1 aliphatic rings. The van der Waals surface area contributed by atoms with Crippen molar-refractivity contribution in [3.8, 4) is 0 Å². The number of hydrogen-bond acceptors (Lipinski definition) is 4. The summed E-state index contributed by atoms with van der Waals surface area (Å²) in [5, 5.41) is 3.22. The van der Waals surface area contributed by atoms with E-state index in [9.17, 15) is 4.79 Å². The number of nitrogens with one attached hydrogen (secondary N) is 1. The molecule has 5 nitrogen and oxygen atoms in total. The van der Waals surface area contributed by atoms with Gasteiger partial charge in [0.25, 0.3) is 5.91 Å². The van der Waals surface area contributed by atoms with E-state index in [-0.39, 0.29) is 5.91 Å². The SMILES string of the molecule is O=C(Nc1ccc(CN2CCOCC2)cc1)c1ccc(Cl)nc1. The van der Waals surface area contributed by atoms with Gasteiger partial charge in [0, 0.05) is 31.5 Å². The van der Waals surface area contributed by atoms with Gasteiger partial charge in [0.2, 0.25) is 0 Å². The van der Waals surface area contributed by atoms with Crippen molar-refractivity contribution >= 4 is 23.2 Å². The number of hydrogen-bond donors (Lipinski definition) is 1. The summed E-state index contributed by atoms with van der Waals surface area (Å²) >= 11 is 5.72. The summed E-state index contributed by atoms with van der Waals surface area (Å²) in [6.45, 7) is 4.41. The molecule has 0 saturated carbocycles. The number of aromatic nitrogens is 1. The molecule has 0 atom stereocenters. The lowest BCUT2D eigenvalue weighted by Crippen LogP contribution is -2.35. The van der Waals surface area contributed by atoms with Gasteiger partial charge in [-0.05, 0) is 29.8 Å². The van der Waals surface area contributed by atoms with Crippen LogP contribution in [0.25, 0.3) is 0 Å². The molecular formula is C17H18ClN3O2. The molecule has 1 fully saturated rings. The molecule has 2 aromatic rings. The third kappa shape index (κ3) is 4.51. The fourth-order valence-electron chi connectivity index (χ4n) is 2.42. The van der Waals surface area contributed by atoms with Crippen molar-refractivity contribution in [1.29, 1.82) is 0 Å². The smallest absolute Gasteiger partial charge is 0.257 e. The Kier molecular flexibility index (Phi) is 5.23. The van der Waals surface area contributed by atoms with Crippen LogP contribution >= 0.6 is 11.6 Å². The largest absolute Gasteiger partial charge is 0.379 e. The molecule has 1 amide bonds. The maximum atomic E-state index is 12.1. The number of anilines is 1. The van der Waals surface area contributed by atoms with Gasteiger partial charge in [0.05, 0.1) is 18.8 Å². The molecule has 1 saturated heterocycles. The highest BCUT2D eigenvalue weighted by Gasteiger charge is 2.11. The Morgan fingerprint density at radius 3 is 2.57 bits per heavy atom. The standard InChI is InChI=1S/C17H18ClN3O2/c18-16-6-3-14(11-19-16)17(22)20-15-4-1-13(2-5-15)12-21-7-9-23-10-8-21/h1-6,11H,7-10,12H2,(H,20,22). The molecule has 6 heteroatoms. The number of amides is 1. The van der Waals surface area contributed by atoms with Crippen LogP contribution in [0.1, 0.15) is 15.9 Å². The Labute approximate surface area is 140 Å². The van der Waals surface area contributed by atoms with Crippen LogP contribution in [0.15, 0.2) is 42.6 Å². The summed E-state index contributed by atoms with van der Waals surface area (Å²) in [5.74, 6) is -0.199. The second-order valence-electron chi connectivity index (χ2n) is 5.41. The predicted octanol–water partition coefficient (Wildman–Crippen LogP) is 2.82. The fourth-order valence-corrected chi connectivity index (χ4v) is 2.54.